The molecule has 2 atom stereocenters. The average Bonchev–Trinajstić information content (AvgIpc) is 3.54. The number of hydrogen-bond donors (Lipinski definition) is 0. The molecule has 4 aromatic rings. The van der Waals surface area contributed by atoms with Crippen molar-refractivity contribution in [3.8, 4) is 11.1 Å². The Morgan fingerprint density at radius 2 is 1.85 bits per heavy atom. The molecule has 1 aliphatic rings. The predicted octanol–water partition coefficient (Wildman–Crippen LogP) is 5.58. The van der Waals surface area contributed by atoms with Gasteiger partial charge in [0.15, 0.2) is 12.0 Å². The minimum Gasteiger partial charge on any atom is -0.369 e. The van der Waals surface area contributed by atoms with Crippen LogP contribution in [0, 0.1) is 11.6 Å². The third-order valence-corrected chi connectivity index (χ3v) is 6.14. The second kappa shape index (κ2) is 10.5. The van der Waals surface area contributed by atoms with E-state index >= 15 is 0 Å². The molecule has 0 saturated carbocycles. The van der Waals surface area contributed by atoms with Gasteiger partial charge in [0.05, 0.1) is 23.5 Å². The van der Waals surface area contributed by atoms with Crippen molar-refractivity contribution < 1.29 is 22.0 Å². The Kier molecular flexibility index (Phi) is 7.08. The van der Waals surface area contributed by atoms with Gasteiger partial charge in [-0.25, -0.2) is 33.7 Å². The first kappa shape index (κ1) is 27.0. The Morgan fingerprint density at radius 1 is 1.10 bits per heavy atom. The van der Waals surface area contributed by atoms with Gasteiger partial charge in [-0.1, -0.05) is 6.92 Å². The highest BCUT2D eigenvalue weighted by Gasteiger charge is 2.34. The maximum absolute atomic E-state index is 14.4. The third-order valence-electron chi connectivity index (χ3n) is 6.14. The third kappa shape index (κ3) is 5.16. The molecule has 5 rings (SSSR count). The lowest BCUT2D eigenvalue weighted by atomic mass is 10.1. The maximum Gasteiger partial charge on any atom is 0.451 e. The molecule has 2 unspecified atom stereocenters. The molecule has 0 fully saturated rings. The molecule has 9 nitrogen and oxygen atoms in total. The van der Waals surface area contributed by atoms with E-state index in [-0.39, 0.29) is 11.4 Å². The van der Waals surface area contributed by atoms with Crippen LogP contribution in [0.4, 0.5) is 27.8 Å². The van der Waals surface area contributed by atoms with E-state index in [2.05, 4.69) is 34.9 Å². The molecular weight excluding hydrogens is 533 g/mol. The highest BCUT2D eigenvalue weighted by molar-refractivity contribution is 6.33. The molecule has 14 heteroatoms. The minimum atomic E-state index is -4.69. The van der Waals surface area contributed by atoms with E-state index < -0.39 is 35.8 Å². The molecule has 1 aliphatic heterocycles. The standard InChI is InChI=1S/C26H22F5N9/c1-4-20(19-10-32-22(38-19)16-6-5-15(27)7-18(16)28)40-11-17(14-8-33-25(34-9-14)26(29,30)31)21-23(37-13-39(2)3)35-12-36-24(21)40/h5-13,20,22H,4H2,1-3H3. The van der Waals surface area contributed by atoms with Crippen LogP contribution in [0.5, 0.6) is 0 Å². The van der Waals surface area contributed by atoms with Crippen molar-refractivity contribution in [1.82, 2.24) is 29.4 Å². The Balaban J connectivity index is 1.64. The van der Waals surface area contributed by atoms with Crippen molar-refractivity contribution in [3.05, 3.63) is 66.1 Å². The van der Waals surface area contributed by atoms with E-state index in [0.717, 1.165) is 24.5 Å². The van der Waals surface area contributed by atoms with Gasteiger partial charge in [0, 0.05) is 61.7 Å². The highest BCUT2D eigenvalue weighted by atomic mass is 19.4. The molecule has 4 heterocycles. The van der Waals surface area contributed by atoms with Crippen molar-refractivity contribution in [1.29, 1.82) is 0 Å². The molecule has 0 saturated heterocycles. The zero-order valence-corrected chi connectivity index (χ0v) is 21.5. The Morgan fingerprint density at radius 3 is 2.50 bits per heavy atom. The van der Waals surface area contributed by atoms with Crippen LogP contribution in [0.2, 0.25) is 0 Å². The summed E-state index contributed by atoms with van der Waals surface area (Å²) in [6, 6.07) is 2.78. The van der Waals surface area contributed by atoms with E-state index in [1.54, 1.807) is 36.1 Å². The van der Waals surface area contributed by atoms with Crippen LogP contribution < -0.4 is 0 Å². The Bertz CT molecular complexity index is 1640. The molecule has 3 aromatic heterocycles. The van der Waals surface area contributed by atoms with Crippen molar-refractivity contribution in [2.45, 2.75) is 31.7 Å². The molecule has 40 heavy (non-hydrogen) atoms. The number of rotatable bonds is 7. The fraction of sp³-hybridized carbons (Fsp3) is 0.269. The fourth-order valence-corrected chi connectivity index (χ4v) is 4.34. The monoisotopic (exact) mass is 555 g/mol. The van der Waals surface area contributed by atoms with Gasteiger partial charge in [0.2, 0.25) is 5.82 Å². The van der Waals surface area contributed by atoms with E-state index in [1.165, 1.54) is 18.6 Å². The van der Waals surface area contributed by atoms with E-state index in [0.29, 0.717) is 34.3 Å². The summed E-state index contributed by atoms with van der Waals surface area (Å²) in [5.41, 5.74) is 1.85. The molecule has 0 aliphatic carbocycles. The van der Waals surface area contributed by atoms with Gasteiger partial charge in [0.25, 0.3) is 0 Å². The largest absolute Gasteiger partial charge is 0.451 e. The maximum atomic E-state index is 14.4. The number of fused-ring (bicyclic) bond motifs is 1. The van der Waals surface area contributed by atoms with Crippen LogP contribution in [0.1, 0.15) is 36.9 Å². The number of aromatic nitrogens is 5. The number of benzene rings is 1. The van der Waals surface area contributed by atoms with Gasteiger partial charge in [-0.2, -0.15) is 13.2 Å². The van der Waals surface area contributed by atoms with Crippen LogP contribution in [-0.2, 0) is 6.18 Å². The molecule has 0 amide bonds. The first-order chi connectivity index (χ1) is 19.1. The molecule has 0 N–H and O–H groups in total. The first-order valence-corrected chi connectivity index (χ1v) is 12.1. The Hall–Kier alpha value is -4.62. The minimum absolute atomic E-state index is 0.130. The van der Waals surface area contributed by atoms with E-state index in [9.17, 15) is 22.0 Å². The van der Waals surface area contributed by atoms with Crippen LogP contribution >= 0.6 is 0 Å². The average molecular weight is 556 g/mol. The fourth-order valence-electron chi connectivity index (χ4n) is 4.34. The van der Waals surface area contributed by atoms with Gasteiger partial charge in [-0.15, -0.1) is 0 Å². The highest BCUT2D eigenvalue weighted by Crippen LogP contribution is 2.38. The second-order valence-corrected chi connectivity index (χ2v) is 9.14. The van der Waals surface area contributed by atoms with Crippen molar-refractivity contribution >= 4 is 35.1 Å². The second-order valence-electron chi connectivity index (χ2n) is 9.14. The van der Waals surface area contributed by atoms with Gasteiger partial charge in [-0.05, 0) is 18.6 Å². The molecule has 0 spiro atoms. The summed E-state index contributed by atoms with van der Waals surface area (Å²) in [4.78, 5) is 30.8. The SMILES string of the molecule is CCC(C1=NC(c2ccc(F)cc2F)N=C1)n1cc(-c2cnc(C(F)(F)F)nc2)c2c(N=CN(C)C)ncnc21. The van der Waals surface area contributed by atoms with Crippen LogP contribution in [-0.4, -0.2) is 61.8 Å². The number of hydrogen-bond acceptors (Lipinski definition) is 7. The Labute approximate surface area is 224 Å². The lowest BCUT2D eigenvalue weighted by Crippen LogP contribution is -2.18. The van der Waals surface area contributed by atoms with Crippen molar-refractivity contribution in [2.24, 2.45) is 15.0 Å². The summed E-state index contributed by atoms with van der Waals surface area (Å²) in [6.45, 7) is 1.91. The molecule has 1 aromatic carbocycles. The molecule has 0 radical (unpaired) electrons. The molecule has 0 bridgehead atoms. The van der Waals surface area contributed by atoms with Crippen molar-refractivity contribution in [3.63, 3.8) is 0 Å². The summed E-state index contributed by atoms with van der Waals surface area (Å²) in [6.07, 6.45) is 3.22. The quantitative estimate of drug-likeness (QED) is 0.169. The lowest BCUT2D eigenvalue weighted by molar-refractivity contribution is -0.144. The van der Waals surface area contributed by atoms with Crippen LogP contribution in [0.25, 0.3) is 22.2 Å². The van der Waals surface area contributed by atoms with Gasteiger partial charge in [0.1, 0.15) is 23.6 Å². The van der Waals surface area contributed by atoms with Crippen LogP contribution in [0.15, 0.2) is 58.1 Å². The number of halogens is 5. The molecular formula is C26H22F5N9. The summed E-state index contributed by atoms with van der Waals surface area (Å²) in [5, 5.41) is 0.471. The van der Waals surface area contributed by atoms with E-state index in [4.69, 9.17) is 0 Å². The van der Waals surface area contributed by atoms with Crippen molar-refractivity contribution in [2.75, 3.05) is 14.1 Å². The topological polar surface area (TPSA) is 96.8 Å². The number of aliphatic imine (C=N–C) groups is 3. The smallest absolute Gasteiger partial charge is 0.369 e. The summed E-state index contributed by atoms with van der Waals surface area (Å²) in [5.74, 6) is -2.43. The summed E-state index contributed by atoms with van der Waals surface area (Å²) in [7, 11) is 3.56. The van der Waals surface area contributed by atoms with Crippen LogP contribution in [0.3, 0.4) is 0 Å². The lowest BCUT2D eigenvalue weighted by Gasteiger charge is -2.17. The van der Waals surface area contributed by atoms with Gasteiger partial charge < -0.3 is 9.47 Å². The zero-order valence-electron chi connectivity index (χ0n) is 21.5. The first-order valence-electron chi connectivity index (χ1n) is 12.1. The zero-order chi connectivity index (χ0) is 28.6. The number of alkyl halides is 3. The summed E-state index contributed by atoms with van der Waals surface area (Å²) >= 11 is 0. The number of nitrogens with zero attached hydrogens (tertiary/aromatic N) is 9. The van der Waals surface area contributed by atoms with E-state index in [1.807, 2.05) is 6.92 Å². The normalized spacial score (nSPS) is 16.2. The van der Waals surface area contributed by atoms with Gasteiger partial charge >= 0.3 is 6.18 Å². The van der Waals surface area contributed by atoms with Gasteiger partial charge in [-0.3, -0.25) is 9.98 Å². The summed E-state index contributed by atoms with van der Waals surface area (Å²) < 4.78 is 68.9. The predicted molar refractivity (Wildman–Crippen MR) is 140 cm³/mol. The molecule has 206 valence electrons.